The van der Waals surface area contributed by atoms with Crippen molar-refractivity contribution in [3.05, 3.63) is 59.9 Å². The van der Waals surface area contributed by atoms with Crippen LogP contribution in [0, 0.1) is 6.92 Å². The van der Waals surface area contributed by atoms with Crippen LogP contribution in [0.15, 0.2) is 52.5 Å². The summed E-state index contributed by atoms with van der Waals surface area (Å²) in [6.07, 6.45) is 3.17. The number of thiocarbonyl (C=S) groups is 1. The number of rotatable bonds is 6. The zero-order chi connectivity index (χ0) is 17.5. The van der Waals surface area contributed by atoms with Crippen molar-refractivity contribution in [2.45, 2.75) is 6.92 Å². The van der Waals surface area contributed by atoms with Crippen LogP contribution >= 0.6 is 12.2 Å². The molecule has 1 heterocycles. The molecule has 0 radical (unpaired) electrons. The smallest absolute Gasteiger partial charge is 0.335 e. The van der Waals surface area contributed by atoms with Gasteiger partial charge >= 0.3 is 5.97 Å². The van der Waals surface area contributed by atoms with E-state index < -0.39 is 5.97 Å². The van der Waals surface area contributed by atoms with Crippen molar-refractivity contribution in [1.82, 2.24) is 10.7 Å². The summed E-state index contributed by atoms with van der Waals surface area (Å²) in [5.41, 5.74) is 4.51. The standard InChI is InChI=1S/C17H17N3O3S/c1-3-8-18-17(24)20-19-10-13-6-7-15(23-13)14-9-12(16(21)22)5-4-11(14)2/h3-7,9-10H,1,8H2,2H3,(H,21,22)(H2,18,20,24). The van der Waals surface area contributed by atoms with E-state index in [1.54, 1.807) is 36.4 Å². The summed E-state index contributed by atoms with van der Waals surface area (Å²) in [7, 11) is 0. The number of aryl methyl sites for hydroxylation is 1. The van der Waals surface area contributed by atoms with Crippen LogP contribution in [0.1, 0.15) is 21.7 Å². The van der Waals surface area contributed by atoms with E-state index in [2.05, 4.69) is 22.4 Å². The van der Waals surface area contributed by atoms with Crippen molar-refractivity contribution in [3.63, 3.8) is 0 Å². The molecule has 0 spiro atoms. The minimum atomic E-state index is -0.977. The molecule has 0 fully saturated rings. The Morgan fingerprint density at radius 1 is 1.42 bits per heavy atom. The molecule has 0 aliphatic heterocycles. The Kier molecular flexibility index (Phi) is 5.86. The summed E-state index contributed by atoms with van der Waals surface area (Å²) in [6, 6.07) is 8.41. The summed E-state index contributed by atoms with van der Waals surface area (Å²) in [4.78, 5) is 11.1. The Morgan fingerprint density at radius 2 is 2.21 bits per heavy atom. The van der Waals surface area contributed by atoms with Crippen molar-refractivity contribution in [2.75, 3.05) is 6.54 Å². The first-order valence-electron chi connectivity index (χ1n) is 7.13. The highest BCUT2D eigenvalue weighted by Gasteiger charge is 2.11. The van der Waals surface area contributed by atoms with Gasteiger partial charge in [-0.05, 0) is 49.0 Å². The zero-order valence-corrected chi connectivity index (χ0v) is 13.9. The third kappa shape index (κ3) is 4.53. The molecule has 0 aliphatic carbocycles. The highest BCUT2D eigenvalue weighted by molar-refractivity contribution is 7.80. The number of benzene rings is 1. The monoisotopic (exact) mass is 343 g/mol. The molecule has 1 aromatic carbocycles. The van der Waals surface area contributed by atoms with Crippen LogP contribution in [0.3, 0.4) is 0 Å². The zero-order valence-electron chi connectivity index (χ0n) is 13.1. The van der Waals surface area contributed by atoms with Gasteiger partial charge in [0, 0.05) is 12.1 Å². The Morgan fingerprint density at radius 3 is 2.92 bits per heavy atom. The fourth-order valence-corrected chi connectivity index (χ4v) is 2.08. The Labute approximate surface area is 144 Å². The van der Waals surface area contributed by atoms with Crippen molar-refractivity contribution in [3.8, 4) is 11.3 Å². The maximum absolute atomic E-state index is 11.1. The summed E-state index contributed by atoms with van der Waals surface area (Å²) >= 11 is 5.00. The van der Waals surface area contributed by atoms with E-state index in [1.165, 1.54) is 6.21 Å². The third-order valence-electron chi connectivity index (χ3n) is 3.14. The number of aromatic carboxylic acids is 1. The molecular formula is C17H17N3O3S. The van der Waals surface area contributed by atoms with Crippen LogP contribution in [0.2, 0.25) is 0 Å². The second-order valence-corrected chi connectivity index (χ2v) is 5.31. The van der Waals surface area contributed by atoms with Gasteiger partial charge in [0.1, 0.15) is 11.5 Å². The van der Waals surface area contributed by atoms with Gasteiger partial charge in [-0.25, -0.2) is 4.79 Å². The predicted molar refractivity (Wildman–Crippen MR) is 97.4 cm³/mol. The molecule has 0 saturated carbocycles. The molecule has 2 rings (SSSR count). The average Bonchev–Trinajstić information content (AvgIpc) is 3.01. The predicted octanol–water partition coefficient (Wildman–Crippen LogP) is 2.94. The van der Waals surface area contributed by atoms with E-state index in [-0.39, 0.29) is 5.56 Å². The molecule has 0 atom stereocenters. The maximum Gasteiger partial charge on any atom is 0.335 e. The minimum Gasteiger partial charge on any atom is -0.478 e. The second kappa shape index (κ2) is 8.07. The Hall–Kier alpha value is -2.93. The Balaban J connectivity index is 2.11. The first-order valence-corrected chi connectivity index (χ1v) is 7.54. The Bertz CT molecular complexity index is 796. The number of hydrogen-bond donors (Lipinski definition) is 3. The molecule has 124 valence electrons. The molecule has 0 aliphatic rings. The highest BCUT2D eigenvalue weighted by Crippen LogP contribution is 2.26. The van der Waals surface area contributed by atoms with Crippen LogP contribution in [0.4, 0.5) is 0 Å². The third-order valence-corrected chi connectivity index (χ3v) is 3.38. The van der Waals surface area contributed by atoms with E-state index in [9.17, 15) is 4.79 Å². The lowest BCUT2D eigenvalue weighted by Gasteiger charge is -2.04. The first kappa shape index (κ1) is 17.4. The maximum atomic E-state index is 11.1. The molecule has 0 amide bonds. The molecule has 7 heteroatoms. The summed E-state index contributed by atoms with van der Waals surface area (Å²) in [5, 5.41) is 16.3. The van der Waals surface area contributed by atoms with Crippen LogP contribution in [0.25, 0.3) is 11.3 Å². The van der Waals surface area contributed by atoms with Gasteiger partial charge in [-0.2, -0.15) is 5.10 Å². The van der Waals surface area contributed by atoms with Crippen molar-refractivity contribution in [1.29, 1.82) is 0 Å². The molecule has 3 N–H and O–H groups in total. The number of carboxylic acids is 1. The lowest BCUT2D eigenvalue weighted by Crippen LogP contribution is -2.31. The van der Waals surface area contributed by atoms with E-state index in [0.29, 0.717) is 23.2 Å². The number of carboxylic acid groups (broad SMARTS) is 1. The lowest BCUT2D eigenvalue weighted by molar-refractivity contribution is 0.0697. The van der Waals surface area contributed by atoms with Crippen LogP contribution in [-0.4, -0.2) is 28.9 Å². The largest absolute Gasteiger partial charge is 0.478 e. The van der Waals surface area contributed by atoms with E-state index in [4.69, 9.17) is 21.7 Å². The number of hydrazone groups is 1. The molecule has 24 heavy (non-hydrogen) atoms. The van der Waals surface area contributed by atoms with Gasteiger partial charge in [0.15, 0.2) is 5.11 Å². The molecule has 0 bridgehead atoms. The highest BCUT2D eigenvalue weighted by atomic mass is 32.1. The van der Waals surface area contributed by atoms with Gasteiger partial charge in [-0.3, -0.25) is 5.43 Å². The van der Waals surface area contributed by atoms with Gasteiger partial charge in [0.2, 0.25) is 0 Å². The van der Waals surface area contributed by atoms with Crippen LogP contribution in [-0.2, 0) is 0 Å². The molecule has 6 nitrogen and oxygen atoms in total. The molecule has 1 aromatic heterocycles. The first-order chi connectivity index (χ1) is 11.5. The van der Waals surface area contributed by atoms with Gasteiger partial charge in [0.05, 0.1) is 11.8 Å². The van der Waals surface area contributed by atoms with Gasteiger partial charge in [0.25, 0.3) is 0 Å². The fraction of sp³-hybridized carbons (Fsp3) is 0.118. The summed E-state index contributed by atoms with van der Waals surface area (Å²) in [5.74, 6) is 0.114. The number of hydrogen-bond acceptors (Lipinski definition) is 4. The number of furan rings is 1. The topological polar surface area (TPSA) is 86.9 Å². The minimum absolute atomic E-state index is 0.211. The molecule has 0 unspecified atom stereocenters. The molecule has 0 saturated heterocycles. The summed E-state index contributed by atoms with van der Waals surface area (Å²) in [6.45, 7) is 6.01. The van der Waals surface area contributed by atoms with Gasteiger partial charge in [-0.1, -0.05) is 12.1 Å². The van der Waals surface area contributed by atoms with Gasteiger partial charge in [-0.15, -0.1) is 6.58 Å². The fourth-order valence-electron chi connectivity index (χ4n) is 1.95. The van der Waals surface area contributed by atoms with E-state index in [1.807, 2.05) is 6.92 Å². The second-order valence-electron chi connectivity index (χ2n) is 4.91. The lowest BCUT2D eigenvalue weighted by atomic mass is 10.0. The van der Waals surface area contributed by atoms with E-state index in [0.717, 1.165) is 11.1 Å². The van der Waals surface area contributed by atoms with Crippen molar-refractivity contribution in [2.24, 2.45) is 5.10 Å². The van der Waals surface area contributed by atoms with Crippen LogP contribution in [0.5, 0.6) is 0 Å². The number of nitrogens with one attached hydrogen (secondary N) is 2. The normalized spacial score (nSPS) is 10.5. The average molecular weight is 343 g/mol. The summed E-state index contributed by atoms with van der Waals surface area (Å²) < 4.78 is 5.69. The number of carbonyl (C=O) groups is 1. The SMILES string of the molecule is C=CCNC(=S)NN=Cc1ccc(-c2cc(C(=O)O)ccc2C)o1. The van der Waals surface area contributed by atoms with Crippen molar-refractivity contribution < 1.29 is 14.3 Å². The quantitative estimate of drug-likeness (QED) is 0.324. The molecule has 2 aromatic rings. The number of nitrogens with zero attached hydrogens (tertiary/aromatic N) is 1. The van der Waals surface area contributed by atoms with E-state index >= 15 is 0 Å². The van der Waals surface area contributed by atoms with Crippen molar-refractivity contribution >= 4 is 29.5 Å². The van der Waals surface area contributed by atoms with Gasteiger partial charge < -0.3 is 14.8 Å². The molecular weight excluding hydrogens is 326 g/mol. The van der Waals surface area contributed by atoms with Crippen LogP contribution < -0.4 is 10.7 Å².